The van der Waals surface area contributed by atoms with Gasteiger partial charge in [-0.25, -0.2) is 4.79 Å². The number of carbonyl (C=O) groups excluding carboxylic acids is 3. The van der Waals surface area contributed by atoms with Crippen molar-refractivity contribution in [2.75, 3.05) is 30.5 Å². The first-order chi connectivity index (χ1) is 17.5. The molecule has 0 aromatic heterocycles. The van der Waals surface area contributed by atoms with E-state index >= 15 is 0 Å². The molecule has 196 valence electrons. The minimum Gasteiger partial charge on any atom is -0.449 e. The summed E-state index contributed by atoms with van der Waals surface area (Å²) in [7, 11) is 0. The number of nitrogens with one attached hydrogen (secondary N) is 3. The van der Waals surface area contributed by atoms with Gasteiger partial charge in [-0.1, -0.05) is 44.6 Å². The normalized spacial score (nSPS) is 22.9. The van der Waals surface area contributed by atoms with Gasteiger partial charge in [-0.3, -0.25) is 9.59 Å². The van der Waals surface area contributed by atoms with Crippen LogP contribution in [0.5, 0.6) is 0 Å². The van der Waals surface area contributed by atoms with Crippen molar-refractivity contribution in [3.8, 4) is 0 Å². The third kappa shape index (κ3) is 5.38. The van der Waals surface area contributed by atoms with Crippen molar-refractivity contribution in [2.24, 2.45) is 11.8 Å². The summed E-state index contributed by atoms with van der Waals surface area (Å²) >= 11 is 0. The van der Waals surface area contributed by atoms with E-state index in [4.69, 9.17) is 9.47 Å². The SMILES string of the molecule is O=C(NC(C(=O)Nc1ccc2c(c1)NC(=O)C21CCOCC1)C1CCCCC1)OCC1CCCCC1. The summed E-state index contributed by atoms with van der Waals surface area (Å²) in [4.78, 5) is 39.0. The second-order valence-corrected chi connectivity index (χ2v) is 11.0. The highest BCUT2D eigenvalue weighted by Crippen LogP contribution is 2.45. The first-order valence-electron chi connectivity index (χ1n) is 13.8. The van der Waals surface area contributed by atoms with Crippen molar-refractivity contribution in [2.45, 2.75) is 88.5 Å². The number of fused-ring (bicyclic) bond motifs is 2. The third-order valence-electron chi connectivity index (χ3n) is 8.68. The van der Waals surface area contributed by atoms with Gasteiger partial charge in [0, 0.05) is 24.6 Å². The Morgan fingerprint density at radius 1 is 1.03 bits per heavy atom. The second-order valence-electron chi connectivity index (χ2n) is 11.0. The van der Waals surface area contributed by atoms with Crippen LogP contribution in [0.2, 0.25) is 0 Å². The number of ether oxygens (including phenoxy) is 2. The molecule has 1 unspecified atom stereocenters. The molecule has 0 radical (unpaired) electrons. The van der Waals surface area contributed by atoms with E-state index in [1.54, 1.807) is 0 Å². The van der Waals surface area contributed by atoms with E-state index in [0.717, 1.165) is 56.2 Å². The van der Waals surface area contributed by atoms with Gasteiger partial charge in [0.2, 0.25) is 11.8 Å². The van der Waals surface area contributed by atoms with Gasteiger partial charge in [-0.05, 0) is 68.1 Å². The van der Waals surface area contributed by atoms with E-state index < -0.39 is 17.6 Å². The molecule has 36 heavy (non-hydrogen) atoms. The van der Waals surface area contributed by atoms with Crippen LogP contribution in [0.25, 0.3) is 0 Å². The van der Waals surface area contributed by atoms with Gasteiger partial charge in [0.25, 0.3) is 0 Å². The van der Waals surface area contributed by atoms with Crippen LogP contribution >= 0.6 is 0 Å². The molecule has 2 aliphatic heterocycles. The Morgan fingerprint density at radius 3 is 2.44 bits per heavy atom. The maximum Gasteiger partial charge on any atom is 0.407 e. The van der Waals surface area contributed by atoms with Gasteiger partial charge in [0.05, 0.1) is 12.0 Å². The maximum atomic E-state index is 13.4. The summed E-state index contributed by atoms with van der Waals surface area (Å²) < 4.78 is 11.0. The van der Waals surface area contributed by atoms with Gasteiger partial charge >= 0.3 is 6.09 Å². The molecular formula is C28H39N3O5. The van der Waals surface area contributed by atoms with Crippen molar-refractivity contribution >= 4 is 29.3 Å². The molecule has 1 saturated heterocycles. The average molecular weight is 498 g/mol. The summed E-state index contributed by atoms with van der Waals surface area (Å²) in [6.45, 7) is 1.55. The van der Waals surface area contributed by atoms with Crippen LogP contribution < -0.4 is 16.0 Å². The highest BCUT2D eigenvalue weighted by Gasteiger charge is 2.47. The summed E-state index contributed by atoms with van der Waals surface area (Å²) in [6, 6.07) is 4.98. The summed E-state index contributed by atoms with van der Waals surface area (Å²) in [6.07, 6.45) is 11.8. The fourth-order valence-corrected chi connectivity index (χ4v) is 6.52. The Kier molecular flexibility index (Phi) is 7.79. The lowest BCUT2D eigenvalue weighted by molar-refractivity contribution is -0.124. The molecule has 1 aromatic carbocycles. The van der Waals surface area contributed by atoms with E-state index in [0.29, 0.717) is 44.3 Å². The molecule has 4 aliphatic rings. The van der Waals surface area contributed by atoms with Crippen molar-refractivity contribution in [1.29, 1.82) is 0 Å². The third-order valence-corrected chi connectivity index (χ3v) is 8.68. The second kappa shape index (κ2) is 11.2. The minimum atomic E-state index is -0.645. The molecule has 2 aliphatic carbocycles. The highest BCUT2D eigenvalue weighted by molar-refractivity contribution is 6.07. The lowest BCUT2D eigenvalue weighted by atomic mass is 9.75. The van der Waals surface area contributed by atoms with Crippen LogP contribution in [-0.2, 0) is 24.5 Å². The van der Waals surface area contributed by atoms with Crippen LogP contribution in [0.3, 0.4) is 0 Å². The standard InChI is InChI=1S/C28H39N3O5/c32-25(29-21-11-12-22-23(17-21)30-26(33)28(22)13-15-35-16-14-28)24(20-9-5-2-6-10-20)31-27(34)36-18-19-7-3-1-4-8-19/h11-12,17,19-20,24H,1-10,13-16,18H2,(H,29,32)(H,30,33)(H,31,34). The minimum absolute atomic E-state index is 0.00624. The zero-order chi connectivity index (χ0) is 25.0. The predicted octanol–water partition coefficient (Wildman–Crippen LogP) is 4.88. The molecule has 3 amide bonds. The number of rotatable bonds is 6. The molecule has 0 bridgehead atoms. The van der Waals surface area contributed by atoms with E-state index in [2.05, 4.69) is 16.0 Å². The summed E-state index contributed by atoms with van der Waals surface area (Å²) in [5.74, 6) is 0.279. The van der Waals surface area contributed by atoms with Gasteiger partial charge in [-0.15, -0.1) is 0 Å². The Labute approximate surface area is 213 Å². The summed E-state index contributed by atoms with van der Waals surface area (Å²) in [5.41, 5.74) is 1.79. The van der Waals surface area contributed by atoms with Crippen molar-refractivity contribution < 1.29 is 23.9 Å². The van der Waals surface area contributed by atoms with Crippen molar-refractivity contribution in [3.05, 3.63) is 23.8 Å². The lowest BCUT2D eigenvalue weighted by Gasteiger charge is -2.31. The van der Waals surface area contributed by atoms with Crippen LogP contribution in [0.1, 0.15) is 82.6 Å². The molecule has 8 nitrogen and oxygen atoms in total. The smallest absolute Gasteiger partial charge is 0.407 e. The highest BCUT2D eigenvalue weighted by atomic mass is 16.5. The van der Waals surface area contributed by atoms with Gasteiger partial charge < -0.3 is 25.4 Å². The lowest BCUT2D eigenvalue weighted by Crippen LogP contribution is -2.49. The number of hydrogen-bond acceptors (Lipinski definition) is 5. The quantitative estimate of drug-likeness (QED) is 0.519. The molecule has 1 atom stereocenters. The molecule has 3 fully saturated rings. The van der Waals surface area contributed by atoms with Crippen LogP contribution in [-0.4, -0.2) is 43.8 Å². The molecule has 5 rings (SSSR count). The largest absolute Gasteiger partial charge is 0.449 e. The Balaban J connectivity index is 1.25. The number of alkyl carbamates (subject to hydrolysis) is 1. The molecule has 1 aromatic rings. The predicted molar refractivity (Wildman–Crippen MR) is 137 cm³/mol. The average Bonchev–Trinajstić information content (AvgIpc) is 3.17. The van der Waals surface area contributed by atoms with Crippen LogP contribution in [0.15, 0.2) is 18.2 Å². The van der Waals surface area contributed by atoms with Gasteiger partial charge in [-0.2, -0.15) is 0 Å². The van der Waals surface area contributed by atoms with Crippen LogP contribution in [0, 0.1) is 11.8 Å². The Hall–Kier alpha value is -2.61. The molecular weight excluding hydrogens is 458 g/mol. The maximum absolute atomic E-state index is 13.4. The number of carbonyl (C=O) groups is 3. The molecule has 2 saturated carbocycles. The zero-order valence-corrected chi connectivity index (χ0v) is 21.1. The van der Waals surface area contributed by atoms with Crippen LogP contribution in [0.4, 0.5) is 16.2 Å². The van der Waals surface area contributed by atoms with Crippen molar-refractivity contribution in [3.63, 3.8) is 0 Å². The monoisotopic (exact) mass is 497 g/mol. The van der Waals surface area contributed by atoms with E-state index in [1.807, 2.05) is 18.2 Å². The molecule has 8 heteroatoms. The van der Waals surface area contributed by atoms with E-state index in [9.17, 15) is 14.4 Å². The summed E-state index contributed by atoms with van der Waals surface area (Å²) in [5, 5.41) is 8.91. The molecule has 2 heterocycles. The van der Waals surface area contributed by atoms with E-state index in [-0.39, 0.29) is 17.7 Å². The first-order valence-corrected chi connectivity index (χ1v) is 13.8. The number of anilines is 2. The van der Waals surface area contributed by atoms with Gasteiger partial charge in [0.1, 0.15) is 6.04 Å². The Bertz CT molecular complexity index is 962. The topological polar surface area (TPSA) is 106 Å². The number of hydrogen-bond donors (Lipinski definition) is 3. The van der Waals surface area contributed by atoms with Crippen molar-refractivity contribution in [1.82, 2.24) is 5.32 Å². The van der Waals surface area contributed by atoms with Gasteiger partial charge in [0.15, 0.2) is 0 Å². The molecule has 1 spiro atoms. The number of amides is 3. The fraction of sp³-hybridized carbons (Fsp3) is 0.679. The van der Waals surface area contributed by atoms with E-state index in [1.165, 1.54) is 19.3 Å². The fourth-order valence-electron chi connectivity index (χ4n) is 6.52. The Morgan fingerprint density at radius 2 is 1.72 bits per heavy atom. The first kappa shape index (κ1) is 25.1. The number of benzene rings is 1. The zero-order valence-electron chi connectivity index (χ0n) is 21.1. The molecule has 3 N–H and O–H groups in total.